The molecule has 0 aliphatic carbocycles. The first-order valence-electron chi connectivity index (χ1n) is 9.61. The average Bonchev–Trinajstić information content (AvgIpc) is 3.29. The summed E-state index contributed by atoms with van der Waals surface area (Å²) < 4.78 is 39.0. The molecular weight excluding hydrogens is 502 g/mol. The van der Waals surface area contributed by atoms with Gasteiger partial charge in [-0.3, -0.25) is 0 Å². The van der Waals surface area contributed by atoms with Gasteiger partial charge in [-0.25, -0.2) is 13.4 Å². The summed E-state index contributed by atoms with van der Waals surface area (Å²) >= 11 is 4.88. The molecule has 4 rings (SSSR count). The third-order valence-corrected chi connectivity index (χ3v) is 8.41. The number of thiazole rings is 1. The van der Waals surface area contributed by atoms with E-state index in [0.29, 0.717) is 31.1 Å². The van der Waals surface area contributed by atoms with Gasteiger partial charge in [0.25, 0.3) is 0 Å². The summed E-state index contributed by atoms with van der Waals surface area (Å²) in [6.45, 7) is 1.98. The van der Waals surface area contributed by atoms with Crippen LogP contribution in [-0.2, 0) is 10.0 Å². The second-order valence-corrected chi connectivity index (χ2v) is 10.6. The zero-order chi connectivity index (χ0) is 22.0. The summed E-state index contributed by atoms with van der Waals surface area (Å²) in [5, 5.41) is 2.84. The Morgan fingerprint density at radius 3 is 2.48 bits per heavy atom. The Morgan fingerprint density at radius 1 is 1.03 bits per heavy atom. The summed E-state index contributed by atoms with van der Waals surface area (Å²) in [5.41, 5.74) is 1.67. The molecule has 0 N–H and O–H groups in total. The van der Waals surface area contributed by atoms with Crippen molar-refractivity contribution in [3.63, 3.8) is 0 Å². The fourth-order valence-corrected chi connectivity index (χ4v) is 6.34. The van der Waals surface area contributed by atoms with Crippen molar-refractivity contribution in [2.75, 3.05) is 45.3 Å². The molecule has 10 heteroatoms. The quantitative estimate of drug-likeness (QED) is 0.484. The second-order valence-electron chi connectivity index (χ2n) is 6.93. The van der Waals surface area contributed by atoms with Crippen LogP contribution in [-0.4, -0.2) is 58.1 Å². The summed E-state index contributed by atoms with van der Waals surface area (Å²) in [6, 6.07) is 12.4. The second kappa shape index (κ2) is 9.15. The minimum Gasteiger partial charge on any atom is -0.497 e. The maximum atomic E-state index is 13.0. The Balaban J connectivity index is 1.49. The Labute approximate surface area is 194 Å². The molecule has 3 aromatic rings. The molecule has 1 aliphatic heterocycles. The molecule has 0 amide bonds. The molecule has 1 aliphatic rings. The van der Waals surface area contributed by atoms with Gasteiger partial charge in [-0.05, 0) is 36.4 Å². The van der Waals surface area contributed by atoms with Crippen LogP contribution in [0.15, 0.2) is 57.2 Å². The molecule has 2 heterocycles. The van der Waals surface area contributed by atoms with Crippen molar-refractivity contribution in [3.05, 3.63) is 52.3 Å². The van der Waals surface area contributed by atoms with E-state index in [4.69, 9.17) is 14.5 Å². The molecular formula is C21H22BrN3O4S2. The highest BCUT2D eigenvalue weighted by Crippen LogP contribution is 2.36. The van der Waals surface area contributed by atoms with Gasteiger partial charge in [0, 0.05) is 41.6 Å². The summed E-state index contributed by atoms with van der Waals surface area (Å²) in [7, 11) is -0.262. The van der Waals surface area contributed by atoms with Gasteiger partial charge in [0.05, 0.1) is 24.8 Å². The van der Waals surface area contributed by atoms with Crippen molar-refractivity contribution < 1.29 is 17.9 Å². The summed E-state index contributed by atoms with van der Waals surface area (Å²) in [6.07, 6.45) is 0. The van der Waals surface area contributed by atoms with Gasteiger partial charge in [0.15, 0.2) is 5.13 Å². The van der Waals surface area contributed by atoms with Crippen LogP contribution in [0.2, 0.25) is 0 Å². The normalized spacial score (nSPS) is 15.1. The first-order chi connectivity index (χ1) is 14.9. The van der Waals surface area contributed by atoms with Gasteiger partial charge in [-0.1, -0.05) is 22.0 Å². The Kier molecular flexibility index (Phi) is 6.52. The molecule has 1 aromatic heterocycles. The Bertz CT molecular complexity index is 1170. The first kappa shape index (κ1) is 22.1. The molecule has 1 fully saturated rings. The highest BCUT2D eigenvalue weighted by molar-refractivity contribution is 9.10. The maximum absolute atomic E-state index is 13.0. The van der Waals surface area contributed by atoms with E-state index in [9.17, 15) is 8.42 Å². The lowest BCUT2D eigenvalue weighted by Gasteiger charge is -2.33. The topological polar surface area (TPSA) is 72.0 Å². The fraction of sp³-hybridized carbons (Fsp3) is 0.286. The molecule has 0 saturated carbocycles. The third kappa shape index (κ3) is 4.57. The minimum atomic E-state index is -3.52. The van der Waals surface area contributed by atoms with Gasteiger partial charge in [0.2, 0.25) is 10.0 Å². The number of hydrogen-bond donors (Lipinski definition) is 0. The fourth-order valence-electron chi connectivity index (χ4n) is 3.44. The van der Waals surface area contributed by atoms with Crippen LogP contribution in [0.1, 0.15) is 0 Å². The standard InChI is InChI=1S/C21H22BrN3O4S2/c1-28-16-6-7-20(29-2)18(13-16)19-14-30-21(23-19)24-8-10-25(11-9-24)31(26,27)17-5-3-4-15(22)12-17/h3-7,12-14H,8-11H2,1-2H3. The van der Waals surface area contributed by atoms with Crippen LogP contribution in [0.25, 0.3) is 11.3 Å². The number of nitrogens with zero attached hydrogens (tertiary/aromatic N) is 3. The van der Waals surface area contributed by atoms with Crippen molar-refractivity contribution >= 4 is 42.4 Å². The summed E-state index contributed by atoms with van der Waals surface area (Å²) in [5.74, 6) is 1.46. The van der Waals surface area contributed by atoms with Crippen molar-refractivity contribution in [2.45, 2.75) is 4.90 Å². The lowest BCUT2D eigenvalue weighted by molar-refractivity contribution is 0.384. The lowest BCUT2D eigenvalue weighted by Crippen LogP contribution is -2.48. The average molecular weight is 524 g/mol. The number of benzene rings is 2. The van der Waals surface area contributed by atoms with E-state index in [2.05, 4.69) is 20.8 Å². The largest absolute Gasteiger partial charge is 0.497 e. The van der Waals surface area contributed by atoms with E-state index < -0.39 is 10.0 Å². The minimum absolute atomic E-state index is 0.303. The van der Waals surface area contributed by atoms with E-state index in [1.807, 2.05) is 29.6 Å². The smallest absolute Gasteiger partial charge is 0.243 e. The van der Waals surface area contributed by atoms with Crippen molar-refractivity contribution in [1.29, 1.82) is 0 Å². The van der Waals surface area contributed by atoms with Gasteiger partial charge >= 0.3 is 0 Å². The van der Waals surface area contributed by atoms with Crippen LogP contribution in [0, 0.1) is 0 Å². The molecule has 0 radical (unpaired) electrons. The van der Waals surface area contributed by atoms with E-state index in [0.717, 1.165) is 32.4 Å². The van der Waals surface area contributed by atoms with Gasteiger partial charge in [-0.2, -0.15) is 4.31 Å². The number of aromatic nitrogens is 1. The molecule has 164 valence electrons. The number of methoxy groups -OCH3 is 2. The van der Waals surface area contributed by atoms with Crippen LogP contribution in [0.4, 0.5) is 5.13 Å². The van der Waals surface area contributed by atoms with Crippen LogP contribution in [0.3, 0.4) is 0 Å². The number of piperazine rings is 1. The van der Waals surface area contributed by atoms with E-state index >= 15 is 0 Å². The molecule has 1 saturated heterocycles. The number of anilines is 1. The number of hydrogen-bond acceptors (Lipinski definition) is 7. The zero-order valence-corrected chi connectivity index (χ0v) is 20.3. The Morgan fingerprint density at radius 2 is 1.81 bits per heavy atom. The third-order valence-electron chi connectivity index (χ3n) is 5.12. The first-order valence-corrected chi connectivity index (χ1v) is 12.7. The number of rotatable bonds is 6. The van der Waals surface area contributed by atoms with Gasteiger partial charge < -0.3 is 14.4 Å². The number of ether oxygens (including phenoxy) is 2. The molecule has 0 spiro atoms. The predicted octanol–water partition coefficient (Wildman–Crippen LogP) is 4.10. The van der Waals surface area contributed by atoms with E-state index in [1.165, 1.54) is 15.6 Å². The van der Waals surface area contributed by atoms with Crippen LogP contribution < -0.4 is 14.4 Å². The van der Waals surface area contributed by atoms with Gasteiger partial charge in [0.1, 0.15) is 11.5 Å². The van der Waals surface area contributed by atoms with Crippen molar-refractivity contribution in [2.24, 2.45) is 0 Å². The van der Waals surface area contributed by atoms with Crippen molar-refractivity contribution in [1.82, 2.24) is 9.29 Å². The van der Waals surface area contributed by atoms with Crippen molar-refractivity contribution in [3.8, 4) is 22.8 Å². The van der Waals surface area contributed by atoms with Crippen LogP contribution >= 0.6 is 27.3 Å². The highest BCUT2D eigenvalue weighted by Gasteiger charge is 2.29. The Hall–Kier alpha value is -2.14. The monoisotopic (exact) mass is 523 g/mol. The molecule has 2 aromatic carbocycles. The number of halogens is 1. The van der Waals surface area contributed by atoms with Gasteiger partial charge in [-0.15, -0.1) is 11.3 Å². The molecule has 31 heavy (non-hydrogen) atoms. The summed E-state index contributed by atoms with van der Waals surface area (Å²) in [4.78, 5) is 7.20. The van der Waals surface area contributed by atoms with E-state index in [1.54, 1.807) is 32.4 Å². The number of sulfonamides is 1. The SMILES string of the molecule is COc1ccc(OC)c(-c2csc(N3CCN(S(=O)(=O)c4cccc(Br)c4)CC3)n2)c1. The van der Waals surface area contributed by atoms with E-state index in [-0.39, 0.29) is 0 Å². The molecule has 0 atom stereocenters. The maximum Gasteiger partial charge on any atom is 0.243 e. The lowest BCUT2D eigenvalue weighted by atomic mass is 10.1. The molecule has 0 bridgehead atoms. The molecule has 7 nitrogen and oxygen atoms in total. The van der Waals surface area contributed by atoms with Crippen LogP contribution in [0.5, 0.6) is 11.5 Å². The highest BCUT2D eigenvalue weighted by atomic mass is 79.9. The predicted molar refractivity (Wildman–Crippen MR) is 126 cm³/mol. The zero-order valence-electron chi connectivity index (χ0n) is 17.1. The molecule has 0 unspecified atom stereocenters.